The molecule has 0 aliphatic heterocycles. The highest BCUT2D eigenvalue weighted by Crippen LogP contribution is 2.44. The van der Waals surface area contributed by atoms with E-state index < -0.39 is 0 Å². The third-order valence-electron chi connectivity index (χ3n) is 14.5. The Balaban J connectivity index is 1.08. The van der Waals surface area contributed by atoms with Crippen molar-refractivity contribution in [1.82, 2.24) is 27.7 Å². The van der Waals surface area contributed by atoms with Crippen molar-refractivity contribution in [3.63, 3.8) is 0 Å². The first kappa shape index (κ1) is 36.0. The Morgan fingerprint density at radius 2 is 0.809 bits per heavy atom. The lowest BCUT2D eigenvalue weighted by Crippen LogP contribution is -2.03. The van der Waals surface area contributed by atoms with E-state index in [0.717, 1.165) is 94.6 Å². The summed E-state index contributed by atoms with van der Waals surface area (Å²) in [5.74, 6) is 0.809. The monoisotopic (exact) mass is 868 g/mol. The summed E-state index contributed by atoms with van der Waals surface area (Å²) in [5.41, 5.74) is 16.7. The number of nitrogens with zero attached hydrogens (tertiary/aromatic N) is 6. The van der Waals surface area contributed by atoms with E-state index in [4.69, 9.17) is 9.40 Å². The van der Waals surface area contributed by atoms with E-state index in [1.807, 2.05) is 12.1 Å². The molecule has 68 heavy (non-hydrogen) atoms. The highest BCUT2D eigenvalue weighted by molar-refractivity contribution is 6.17. The molecule has 0 atom stereocenters. The van der Waals surface area contributed by atoms with Crippen LogP contribution in [0.2, 0.25) is 0 Å². The highest BCUT2D eigenvalue weighted by atomic mass is 16.3. The maximum absolute atomic E-state index is 6.67. The molecule has 0 unspecified atom stereocenters. The van der Waals surface area contributed by atoms with Gasteiger partial charge in [0.05, 0.1) is 61.0 Å². The molecule has 16 aromatic rings. The molecule has 0 aliphatic carbocycles. The summed E-state index contributed by atoms with van der Waals surface area (Å²) in [4.78, 5) is 5.59. The van der Waals surface area contributed by atoms with Gasteiger partial charge in [-0.15, -0.1) is 0 Å². The first-order chi connectivity index (χ1) is 33.8. The third-order valence-corrected chi connectivity index (χ3v) is 14.5. The standard InChI is InChI=1S/C61H36N6O/c1-2-16-37(17-3-1)65-59-55(66-52-28-14-8-22-44(52)47-34-38(30-32-53(47)66)63-48-24-10-4-18-40(48)41-19-5-11-25-49(41)63)35-39(64-50-26-12-6-20-42(50)43-21-7-13-27-51(43)64)36-56(59)67-54-33-31-46-45-23-9-15-29-57(45)68-60(46)58(54)62-61(65)67/h1-36H. The molecule has 0 amide bonds. The number of furan rings is 1. The maximum Gasteiger partial charge on any atom is 0.220 e. The van der Waals surface area contributed by atoms with Crippen molar-refractivity contribution in [3.8, 4) is 22.7 Å². The van der Waals surface area contributed by atoms with Crippen molar-refractivity contribution >= 4 is 115 Å². The van der Waals surface area contributed by atoms with Crippen molar-refractivity contribution in [1.29, 1.82) is 0 Å². The van der Waals surface area contributed by atoms with E-state index in [9.17, 15) is 0 Å². The zero-order chi connectivity index (χ0) is 44.2. The van der Waals surface area contributed by atoms with E-state index >= 15 is 0 Å². The zero-order valence-electron chi connectivity index (χ0n) is 36.4. The molecule has 0 fully saturated rings. The van der Waals surface area contributed by atoms with Gasteiger partial charge >= 0.3 is 0 Å². The molecule has 16 rings (SSSR count). The predicted octanol–water partition coefficient (Wildman–Crippen LogP) is 15.6. The fraction of sp³-hybridized carbons (Fsp3) is 0. The van der Waals surface area contributed by atoms with Gasteiger partial charge in [-0.2, -0.15) is 0 Å². The summed E-state index contributed by atoms with van der Waals surface area (Å²) in [7, 11) is 0. The van der Waals surface area contributed by atoms with Crippen molar-refractivity contribution < 1.29 is 4.42 Å². The van der Waals surface area contributed by atoms with Crippen LogP contribution in [0.5, 0.6) is 0 Å². The molecule has 0 spiro atoms. The lowest BCUT2D eigenvalue weighted by atomic mass is 10.1. The maximum atomic E-state index is 6.67. The number of hydrogen-bond donors (Lipinski definition) is 0. The second kappa shape index (κ2) is 13.2. The highest BCUT2D eigenvalue weighted by Gasteiger charge is 2.27. The minimum absolute atomic E-state index is 0.792. The van der Waals surface area contributed by atoms with Gasteiger partial charge in [0.2, 0.25) is 5.78 Å². The number of imidazole rings is 2. The molecular weight excluding hydrogens is 833 g/mol. The SMILES string of the molecule is c1ccc(-n2c3c(-n4c5ccccc5c5cc(-n6c7ccccc7c7ccccc76)ccc54)cc(-n4c5ccccc5c5ccccc54)cc3n3c4ccc5c6ccccc6oc5c4nc23)cc1. The number of aromatic nitrogens is 6. The Morgan fingerprint density at radius 3 is 1.44 bits per heavy atom. The first-order valence-electron chi connectivity index (χ1n) is 23.1. The first-order valence-corrected chi connectivity index (χ1v) is 23.1. The number of hydrogen-bond acceptors (Lipinski definition) is 2. The van der Waals surface area contributed by atoms with E-state index in [2.05, 4.69) is 229 Å². The number of fused-ring (bicyclic) bond motifs is 18. The van der Waals surface area contributed by atoms with Crippen molar-refractivity contribution in [3.05, 3.63) is 218 Å². The molecule has 6 heterocycles. The Hall–Kier alpha value is -9.33. The Kier molecular flexibility index (Phi) is 6.95. The predicted molar refractivity (Wildman–Crippen MR) is 280 cm³/mol. The van der Waals surface area contributed by atoms with Gasteiger partial charge in [0.25, 0.3) is 0 Å². The van der Waals surface area contributed by atoms with Gasteiger partial charge in [-0.05, 0) is 91.0 Å². The molecule has 0 bridgehead atoms. The van der Waals surface area contributed by atoms with E-state index in [0.29, 0.717) is 0 Å². The van der Waals surface area contributed by atoms with E-state index in [-0.39, 0.29) is 0 Å². The largest absolute Gasteiger partial charge is 0.454 e. The van der Waals surface area contributed by atoms with Crippen LogP contribution in [0.15, 0.2) is 223 Å². The average Bonchev–Trinajstić information content (AvgIpc) is 4.24. The smallest absolute Gasteiger partial charge is 0.220 e. The van der Waals surface area contributed by atoms with Gasteiger partial charge in [-0.1, -0.05) is 127 Å². The van der Waals surface area contributed by atoms with Gasteiger partial charge in [0.15, 0.2) is 5.58 Å². The molecule has 0 radical (unpaired) electrons. The fourth-order valence-corrected chi connectivity index (χ4v) is 11.7. The van der Waals surface area contributed by atoms with Crippen LogP contribution in [-0.4, -0.2) is 27.7 Å². The van der Waals surface area contributed by atoms with Crippen LogP contribution in [0, 0.1) is 0 Å². The average molecular weight is 869 g/mol. The summed E-state index contributed by atoms with van der Waals surface area (Å²) < 4.78 is 18.7. The van der Waals surface area contributed by atoms with Crippen molar-refractivity contribution in [2.24, 2.45) is 0 Å². The van der Waals surface area contributed by atoms with Gasteiger partial charge in [0, 0.05) is 54.5 Å². The van der Waals surface area contributed by atoms with Gasteiger partial charge < -0.3 is 18.1 Å². The Bertz CT molecular complexity index is 4700. The van der Waals surface area contributed by atoms with Crippen LogP contribution < -0.4 is 0 Å². The van der Waals surface area contributed by atoms with Gasteiger partial charge in [-0.3, -0.25) is 8.97 Å². The molecular formula is C61H36N6O. The summed E-state index contributed by atoms with van der Waals surface area (Å²) in [6.07, 6.45) is 0. The summed E-state index contributed by atoms with van der Waals surface area (Å²) in [5, 5.41) is 9.42. The zero-order valence-corrected chi connectivity index (χ0v) is 36.4. The Labute approximate surface area is 386 Å². The lowest BCUT2D eigenvalue weighted by Gasteiger charge is -2.17. The van der Waals surface area contributed by atoms with Crippen LogP contribution >= 0.6 is 0 Å². The number of para-hydroxylation sites is 7. The summed E-state index contributed by atoms with van der Waals surface area (Å²) in [6.45, 7) is 0. The lowest BCUT2D eigenvalue weighted by molar-refractivity contribution is 0.672. The topological polar surface area (TPSA) is 50.2 Å². The Morgan fingerprint density at radius 1 is 0.309 bits per heavy atom. The quantitative estimate of drug-likeness (QED) is 0.177. The van der Waals surface area contributed by atoms with Crippen molar-refractivity contribution in [2.75, 3.05) is 0 Å². The second-order valence-electron chi connectivity index (χ2n) is 18.0. The number of benzene rings is 10. The van der Waals surface area contributed by atoms with Crippen LogP contribution in [0.4, 0.5) is 0 Å². The van der Waals surface area contributed by atoms with Crippen LogP contribution in [0.1, 0.15) is 0 Å². The third kappa shape index (κ3) is 4.63. The van der Waals surface area contributed by atoms with Crippen molar-refractivity contribution in [2.45, 2.75) is 0 Å². The van der Waals surface area contributed by atoms with Crippen LogP contribution in [-0.2, 0) is 0 Å². The van der Waals surface area contributed by atoms with Crippen LogP contribution in [0.25, 0.3) is 138 Å². The fourth-order valence-electron chi connectivity index (χ4n) is 11.7. The molecule has 316 valence electrons. The second-order valence-corrected chi connectivity index (χ2v) is 18.0. The molecule has 0 saturated carbocycles. The normalized spacial score (nSPS) is 12.4. The molecule has 7 nitrogen and oxygen atoms in total. The molecule has 0 saturated heterocycles. The number of rotatable bonds is 4. The van der Waals surface area contributed by atoms with Gasteiger partial charge in [-0.25, -0.2) is 4.98 Å². The minimum atomic E-state index is 0.792. The minimum Gasteiger partial charge on any atom is -0.454 e. The molecule has 6 aromatic heterocycles. The summed E-state index contributed by atoms with van der Waals surface area (Å²) in [6, 6.07) is 79.0. The van der Waals surface area contributed by atoms with Crippen LogP contribution in [0.3, 0.4) is 0 Å². The summed E-state index contributed by atoms with van der Waals surface area (Å²) >= 11 is 0. The molecule has 0 N–H and O–H groups in total. The molecule has 0 aliphatic rings. The van der Waals surface area contributed by atoms with Gasteiger partial charge in [0.1, 0.15) is 11.1 Å². The van der Waals surface area contributed by atoms with E-state index in [1.165, 1.54) is 43.4 Å². The van der Waals surface area contributed by atoms with E-state index in [1.54, 1.807) is 0 Å². The molecule has 7 heteroatoms. The molecule has 10 aromatic carbocycles.